The van der Waals surface area contributed by atoms with Gasteiger partial charge in [-0.15, -0.1) is 0 Å². The lowest BCUT2D eigenvalue weighted by Crippen LogP contribution is -2.52. The first-order valence-corrected chi connectivity index (χ1v) is 8.13. The molecular formula is C14H22N2O3S. The summed E-state index contributed by atoms with van der Waals surface area (Å²) in [6.45, 7) is 5.42. The van der Waals surface area contributed by atoms with Crippen LogP contribution in [-0.4, -0.2) is 26.3 Å². The van der Waals surface area contributed by atoms with Crippen molar-refractivity contribution in [1.82, 2.24) is 4.72 Å². The molecule has 0 heterocycles. The van der Waals surface area contributed by atoms with E-state index in [9.17, 15) is 13.2 Å². The van der Waals surface area contributed by atoms with E-state index in [1.54, 1.807) is 12.1 Å². The minimum absolute atomic E-state index is 0.0879. The molecule has 0 spiro atoms. The van der Waals surface area contributed by atoms with Gasteiger partial charge < -0.3 is 5.73 Å². The van der Waals surface area contributed by atoms with E-state index < -0.39 is 15.6 Å². The number of carbonyl (C=O) groups excluding carboxylic acids is 1. The lowest BCUT2D eigenvalue weighted by Gasteiger charge is -2.31. The number of hydrogen-bond acceptors (Lipinski definition) is 4. The van der Waals surface area contributed by atoms with Crippen molar-refractivity contribution in [2.75, 3.05) is 6.54 Å². The second kappa shape index (κ2) is 6.47. The molecule has 0 amide bonds. The monoisotopic (exact) mass is 298 g/mol. The first-order valence-electron chi connectivity index (χ1n) is 6.65. The molecule has 0 aromatic heterocycles. The van der Waals surface area contributed by atoms with Gasteiger partial charge in [0.05, 0.1) is 4.90 Å². The van der Waals surface area contributed by atoms with Gasteiger partial charge in [-0.1, -0.05) is 26.0 Å². The van der Waals surface area contributed by atoms with Crippen LogP contribution in [0.4, 0.5) is 0 Å². The topological polar surface area (TPSA) is 89.3 Å². The molecule has 0 saturated heterocycles. The third-order valence-corrected chi connectivity index (χ3v) is 5.22. The highest BCUT2D eigenvalue weighted by atomic mass is 32.2. The number of ketones is 1. The maximum atomic E-state index is 12.4. The van der Waals surface area contributed by atoms with Gasteiger partial charge in [0.2, 0.25) is 10.0 Å². The Labute approximate surface area is 120 Å². The van der Waals surface area contributed by atoms with Crippen LogP contribution >= 0.6 is 0 Å². The summed E-state index contributed by atoms with van der Waals surface area (Å²) in [5.41, 5.74) is 5.44. The molecule has 1 rings (SSSR count). The smallest absolute Gasteiger partial charge is 0.241 e. The van der Waals surface area contributed by atoms with Crippen molar-refractivity contribution in [2.24, 2.45) is 5.73 Å². The molecule has 6 heteroatoms. The number of benzene rings is 1. The van der Waals surface area contributed by atoms with Gasteiger partial charge in [0, 0.05) is 17.6 Å². The van der Waals surface area contributed by atoms with Crippen LogP contribution in [0.25, 0.3) is 0 Å². The van der Waals surface area contributed by atoms with Crippen molar-refractivity contribution >= 4 is 15.8 Å². The minimum Gasteiger partial charge on any atom is -0.329 e. The lowest BCUT2D eigenvalue weighted by atomic mass is 9.95. The van der Waals surface area contributed by atoms with E-state index in [-0.39, 0.29) is 17.2 Å². The Balaban J connectivity index is 3.17. The summed E-state index contributed by atoms with van der Waals surface area (Å²) >= 11 is 0. The van der Waals surface area contributed by atoms with Crippen LogP contribution in [0.3, 0.4) is 0 Å². The van der Waals surface area contributed by atoms with Crippen LogP contribution in [0.2, 0.25) is 0 Å². The molecule has 112 valence electrons. The molecule has 1 aromatic rings. The lowest BCUT2D eigenvalue weighted by molar-refractivity contribution is 0.101. The zero-order chi connectivity index (χ0) is 15.4. The van der Waals surface area contributed by atoms with Gasteiger partial charge in [-0.25, -0.2) is 13.1 Å². The van der Waals surface area contributed by atoms with E-state index >= 15 is 0 Å². The van der Waals surface area contributed by atoms with Crippen LogP contribution < -0.4 is 10.5 Å². The second-order valence-electron chi connectivity index (χ2n) is 4.88. The predicted octanol–water partition coefficient (Wildman–Crippen LogP) is 1.68. The number of rotatable bonds is 7. The van der Waals surface area contributed by atoms with Crippen molar-refractivity contribution in [3.8, 4) is 0 Å². The molecule has 0 aliphatic carbocycles. The fourth-order valence-electron chi connectivity index (χ4n) is 1.95. The van der Waals surface area contributed by atoms with Gasteiger partial charge >= 0.3 is 0 Å². The van der Waals surface area contributed by atoms with E-state index in [1.807, 2.05) is 13.8 Å². The average molecular weight is 298 g/mol. The third-order valence-electron chi connectivity index (χ3n) is 3.65. The predicted molar refractivity (Wildman–Crippen MR) is 79.1 cm³/mol. The van der Waals surface area contributed by atoms with Crippen LogP contribution in [0.15, 0.2) is 29.2 Å². The largest absolute Gasteiger partial charge is 0.329 e. The number of Topliss-reactive ketones (excluding diaryl/α,β-unsaturated/α-hetero) is 1. The number of sulfonamides is 1. The van der Waals surface area contributed by atoms with Gasteiger partial charge in [-0.2, -0.15) is 0 Å². The zero-order valence-electron chi connectivity index (χ0n) is 12.1. The molecule has 0 radical (unpaired) electrons. The highest BCUT2D eigenvalue weighted by Crippen LogP contribution is 2.19. The van der Waals surface area contributed by atoms with E-state index in [0.717, 1.165) is 0 Å². The first kappa shape index (κ1) is 16.8. The molecule has 0 saturated carbocycles. The third kappa shape index (κ3) is 3.65. The highest BCUT2D eigenvalue weighted by molar-refractivity contribution is 7.89. The Bertz CT molecular complexity index is 570. The highest BCUT2D eigenvalue weighted by Gasteiger charge is 2.30. The fourth-order valence-corrected chi connectivity index (χ4v) is 3.55. The summed E-state index contributed by atoms with van der Waals surface area (Å²) in [6.07, 6.45) is 1.21. The summed E-state index contributed by atoms with van der Waals surface area (Å²) in [7, 11) is -3.69. The standard InChI is InChI=1S/C14H22N2O3S/c1-4-14(5-2,10-15)16-20(18,19)13-8-6-7-12(9-13)11(3)17/h6-9,16H,4-5,10,15H2,1-3H3. The van der Waals surface area contributed by atoms with Crippen LogP contribution in [0, 0.1) is 0 Å². The van der Waals surface area contributed by atoms with Crippen molar-refractivity contribution in [1.29, 1.82) is 0 Å². The van der Waals surface area contributed by atoms with Crippen molar-refractivity contribution in [3.05, 3.63) is 29.8 Å². The van der Waals surface area contributed by atoms with Crippen LogP contribution in [0.1, 0.15) is 44.0 Å². The zero-order valence-corrected chi connectivity index (χ0v) is 13.0. The van der Waals surface area contributed by atoms with Crippen molar-refractivity contribution < 1.29 is 13.2 Å². The maximum absolute atomic E-state index is 12.4. The fraction of sp³-hybridized carbons (Fsp3) is 0.500. The van der Waals surface area contributed by atoms with Gasteiger partial charge in [0.1, 0.15) is 0 Å². The van der Waals surface area contributed by atoms with Gasteiger partial charge in [0.25, 0.3) is 0 Å². The molecule has 0 unspecified atom stereocenters. The van der Waals surface area contributed by atoms with E-state index in [0.29, 0.717) is 18.4 Å². The van der Waals surface area contributed by atoms with Gasteiger partial charge in [-0.3, -0.25) is 4.79 Å². The number of nitrogens with one attached hydrogen (secondary N) is 1. The summed E-state index contributed by atoms with van der Waals surface area (Å²) in [5, 5.41) is 0. The Morgan fingerprint density at radius 2 is 1.90 bits per heavy atom. The molecule has 0 aliphatic rings. The number of nitrogens with two attached hydrogens (primary N) is 1. The molecule has 5 nitrogen and oxygen atoms in total. The second-order valence-corrected chi connectivity index (χ2v) is 6.56. The van der Waals surface area contributed by atoms with Crippen LogP contribution in [0.5, 0.6) is 0 Å². The Kier molecular flexibility index (Phi) is 5.44. The summed E-state index contributed by atoms with van der Waals surface area (Å²) in [6, 6.07) is 6.02. The Morgan fingerprint density at radius 3 is 2.35 bits per heavy atom. The molecule has 1 aromatic carbocycles. The molecule has 0 aliphatic heterocycles. The van der Waals surface area contributed by atoms with Gasteiger partial charge in [0.15, 0.2) is 5.78 Å². The Morgan fingerprint density at radius 1 is 1.30 bits per heavy atom. The minimum atomic E-state index is -3.69. The molecule has 20 heavy (non-hydrogen) atoms. The molecule has 0 bridgehead atoms. The van der Waals surface area contributed by atoms with E-state index in [2.05, 4.69) is 4.72 Å². The normalized spacial score (nSPS) is 12.4. The van der Waals surface area contributed by atoms with E-state index in [1.165, 1.54) is 19.1 Å². The Hall–Kier alpha value is -1.24. The van der Waals surface area contributed by atoms with Crippen molar-refractivity contribution in [2.45, 2.75) is 44.0 Å². The number of carbonyl (C=O) groups is 1. The summed E-state index contributed by atoms with van der Waals surface area (Å²) in [4.78, 5) is 11.4. The first-order chi connectivity index (χ1) is 9.30. The average Bonchev–Trinajstić information content (AvgIpc) is 2.45. The summed E-state index contributed by atoms with van der Waals surface area (Å²) < 4.78 is 27.5. The molecule has 0 atom stereocenters. The molecular weight excluding hydrogens is 276 g/mol. The maximum Gasteiger partial charge on any atom is 0.241 e. The SMILES string of the molecule is CCC(CC)(CN)NS(=O)(=O)c1cccc(C(C)=O)c1. The van der Waals surface area contributed by atoms with Crippen molar-refractivity contribution in [3.63, 3.8) is 0 Å². The quantitative estimate of drug-likeness (QED) is 0.750. The number of hydrogen-bond donors (Lipinski definition) is 2. The molecule has 0 fully saturated rings. The van der Waals surface area contributed by atoms with Gasteiger partial charge in [-0.05, 0) is 31.9 Å². The van der Waals surface area contributed by atoms with E-state index in [4.69, 9.17) is 5.73 Å². The molecule has 3 N–H and O–H groups in total. The van der Waals surface area contributed by atoms with Crippen LogP contribution in [-0.2, 0) is 10.0 Å². The summed E-state index contributed by atoms with van der Waals surface area (Å²) in [5.74, 6) is -0.168.